The van der Waals surface area contributed by atoms with E-state index in [1.807, 2.05) is 12.1 Å². The number of nitrogens with zero attached hydrogens (tertiary/aromatic N) is 2. The van der Waals surface area contributed by atoms with Crippen molar-refractivity contribution in [1.82, 2.24) is 9.97 Å². The Hall–Kier alpha value is -2.47. The van der Waals surface area contributed by atoms with E-state index in [1.165, 1.54) is 0 Å². The summed E-state index contributed by atoms with van der Waals surface area (Å²) in [6.07, 6.45) is 3.17. The molecule has 0 aliphatic carbocycles. The maximum Gasteiger partial charge on any atom is 0.261 e. The van der Waals surface area contributed by atoms with Gasteiger partial charge in [0.25, 0.3) is 10.0 Å². The van der Waals surface area contributed by atoms with Gasteiger partial charge >= 0.3 is 0 Å². The standard InChI is InChI=1S/C17H17N3O2S/c1-12(2)13-3-6-15(7-4-13)23(21,22)20-14-5-8-16-17(11-14)19-10-9-18-16/h3-12,20H,1-2H3. The number of anilines is 1. The lowest BCUT2D eigenvalue weighted by molar-refractivity contribution is 0.601. The van der Waals surface area contributed by atoms with Crippen LogP contribution < -0.4 is 4.72 Å². The SMILES string of the molecule is CC(C)c1ccc(S(=O)(=O)Nc2ccc3nccnc3c2)cc1. The van der Waals surface area contributed by atoms with E-state index in [1.54, 1.807) is 42.7 Å². The number of hydrogen-bond acceptors (Lipinski definition) is 4. The Balaban J connectivity index is 1.89. The van der Waals surface area contributed by atoms with Crippen molar-refractivity contribution in [3.05, 3.63) is 60.4 Å². The number of rotatable bonds is 4. The van der Waals surface area contributed by atoms with E-state index in [0.29, 0.717) is 17.1 Å². The molecule has 3 rings (SSSR count). The summed E-state index contributed by atoms with van der Waals surface area (Å²) in [5.74, 6) is 0.360. The van der Waals surface area contributed by atoms with E-state index >= 15 is 0 Å². The van der Waals surface area contributed by atoms with Gasteiger partial charge < -0.3 is 0 Å². The molecule has 0 atom stereocenters. The molecule has 1 heterocycles. The molecule has 118 valence electrons. The summed E-state index contributed by atoms with van der Waals surface area (Å²) in [6.45, 7) is 4.13. The van der Waals surface area contributed by atoms with Crippen LogP contribution >= 0.6 is 0 Å². The fourth-order valence-electron chi connectivity index (χ4n) is 2.27. The van der Waals surface area contributed by atoms with Crippen LogP contribution in [0.4, 0.5) is 5.69 Å². The lowest BCUT2D eigenvalue weighted by atomic mass is 10.0. The van der Waals surface area contributed by atoms with Gasteiger partial charge in [-0.1, -0.05) is 26.0 Å². The van der Waals surface area contributed by atoms with E-state index in [0.717, 1.165) is 11.1 Å². The second-order valence-electron chi connectivity index (χ2n) is 5.59. The minimum absolute atomic E-state index is 0.237. The molecule has 1 N–H and O–H groups in total. The molecule has 0 amide bonds. The second-order valence-corrected chi connectivity index (χ2v) is 7.27. The van der Waals surface area contributed by atoms with Crippen molar-refractivity contribution in [2.45, 2.75) is 24.7 Å². The highest BCUT2D eigenvalue weighted by molar-refractivity contribution is 7.92. The van der Waals surface area contributed by atoms with Crippen molar-refractivity contribution in [2.24, 2.45) is 0 Å². The van der Waals surface area contributed by atoms with Gasteiger partial charge in [0.15, 0.2) is 0 Å². The monoisotopic (exact) mass is 327 g/mol. The molecule has 0 spiro atoms. The normalized spacial score (nSPS) is 11.8. The number of aromatic nitrogens is 2. The summed E-state index contributed by atoms with van der Waals surface area (Å²) in [4.78, 5) is 8.58. The first-order valence-electron chi connectivity index (χ1n) is 7.29. The molecule has 23 heavy (non-hydrogen) atoms. The van der Waals surface area contributed by atoms with Gasteiger partial charge in [-0.3, -0.25) is 14.7 Å². The Morgan fingerprint density at radius 2 is 1.57 bits per heavy atom. The van der Waals surface area contributed by atoms with Gasteiger partial charge in [-0.05, 0) is 41.8 Å². The molecule has 0 saturated carbocycles. The third kappa shape index (κ3) is 3.32. The highest BCUT2D eigenvalue weighted by Crippen LogP contribution is 2.21. The van der Waals surface area contributed by atoms with E-state index in [4.69, 9.17) is 0 Å². The van der Waals surface area contributed by atoms with Crippen LogP contribution in [0.25, 0.3) is 11.0 Å². The molecule has 0 aliphatic rings. The third-order valence-electron chi connectivity index (χ3n) is 3.58. The summed E-state index contributed by atoms with van der Waals surface area (Å²) >= 11 is 0. The topological polar surface area (TPSA) is 72.0 Å². The predicted octanol–water partition coefficient (Wildman–Crippen LogP) is 3.55. The van der Waals surface area contributed by atoms with Crippen LogP contribution in [0.15, 0.2) is 59.8 Å². The number of benzene rings is 2. The Kier molecular flexibility index (Phi) is 4.00. The molecule has 0 fully saturated rings. The first kappa shape index (κ1) is 15.4. The van der Waals surface area contributed by atoms with Crippen LogP contribution in [0.1, 0.15) is 25.3 Å². The van der Waals surface area contributed by atoms with E-state index in [-0.39, 0.29) is 4.90 Å². The molecule has 0 unspecified atom stereocenters. The summed E-state index contributed by atoms with van der Waals surface area (Å²) in [6, 6.07) is 12.0. The Morgan fingerprint density at radius 3 is 2.22 bits per heavy atom. The van der Waals surface area contributed by atoms with E-state index < -0.39 is 10.0 Å². The van der Waals surface area contributed by atoms with Gasteiger partial charge in [-0.2, -0.15) is 0 Å². The quantitative estimate of drug-likeness (QED) is 0.795. The lowest BCUT2D eigenvalue weighted by Crippen LogP contribution is -2.13. The second kappa shape index (κ2) is 5.96. The zero-order chi connectivity index (χ0) is 16.4. The van der Waals surface area contributed by atoms with E-state index in [9.17, 15) is 8.42 Å². The van der Waals surface area contributed by atoms with Crippen molar-refractivity contribution < 1.29 is 8.42 Å². The predicted molar refractivity (Wildman–Crippen MR) is 90.9 cm³/mol. The van der Waals surface area contributed by atoms with Gasteiger partial charge in [0.2, 0.25) is 0 Å². The molecule has 0 aliphatic heterocycles. The van der Waals surface area contributed by atoms with Crippen molar-refractivity contribution in [2.75, 3.05) is 4.72 Å². The van der Waals surface area contributed by atoms with Crippen molar-refractivity contribution in [3.63, 3.8) is 0 Å². The van der Waals surface area contributed by atoms with Crippen molar-refractivity contribution in [1.29, 1.82) is 0 Å². The maximum atomic E-state index is 12.5. The van der Waals surface area contributed by atoms with Crippen molar-refractivity contribution >= 4 is 26.7 Å². The molecular formula is C17H17N3O2S. The molecule has 6 heteroatoms. The molecule has 0 radical (unpaired) electrons. The van der Waals surface area contributed by atoms with Crippen LogP contribution in [0.5, 0.6) is 0 Å². The lowest BCUT2D eigenvalue weighted by Gasteiger charge is -2.10. The summed E-state index contributed by atoms with van der Waals surface area (Å²) in [7, 11) is -3.62. The molecule has 3 aromatic rings. The average molecular weight is 327 g/mol. The molecule has 0 saturated heterocycles. The largest absolute Gasteiger partial charge is 0.280 e. The Labute approximate surface area is 135 Å². The van der Waals surface area contributed by atoms with Gasteiger partial charge in [0, 0.05) is 12.4 Å². The molecule has 5 nitrogen and oxygen atoms in total. The van der Waals surface area contributed by atoms with Gasteiger partial charge in [-0.25, -0.2) is 8.42 Å². The first-order valence-corrected chi connectivity index (χ1v) is 8.77. The van der Waals surface area contributed by atoms with E-state index in [2.05, 4.69) is 28.5 Å². The number of sulfonamides is 1. The van der Waals surface area contributed by atoms with Crippen molar-refractivity contribution in [3.8, 4) is 0 Å². The summed E-state index contributed by atoms with van der Waals surface area (Å²) in [5, 5.41) is 0. The van der Waals surface area contributed by atoms with Crippen LogP contribution in [0.2, 0.25) is 0 Å². The van der Waals surface area contributed by atoms with Crippen LogP contribution in [0, 0.1) is 0 Å². The van der Waals surface area contributed by atoms with Gasteiger partial charge in [0.05, 0.1) is 21.6 Å². The smallest absolute Gasteiger partial charge is 0.261 e. The van der Waals surface area contributed by atoms with Crippen LogP contribution in [-0.4, -0.2) is 18.4 Å². The molecular weight excluding hydrogens is 310 g/mol. The number of hydrogen-bond donors (Lipinski definition) is 1. The molecule has 1 aromatic heterocycles. The summed E-state index contributed by atoms with van der Waals surface area (Å²) in [5.41, 5.74) is 2.93. The summed E-state index contributed by atoms with van der Waals surface area (Å²) < 4.78 is 27.5. The van der Waals surface area contributed by atoms with Gasteiger partial charge in [-0.15, -0.1) is 0 Å². The highest BCUT2D eigenvalue weighted by atomic mass is 32.2. The Bertz CT molecular complexity index is 935. The zero-order valence-corrected chi connectivity index (χ0v) is 13.7. The van der Waals surface area contributed by atoms with Crippen LogP contribution in [-0.2, 0) is 10.0 Å². The fraction of sp³-hybridized carbons (Fsp3) is 0.176. The number of nitrogens with one attached hydrogen (secondary N) is 1. The zero-order valence-electron chi connectivity index (χ0n) is 12.9. The van der Waals surface area contributed by atoms with Gasteiger partial charge in [0.1, 0.15) is 0 Å². The molecule has 0 bridgehead atoms. The Morgan fingerprint density at radius 1 is 0.913 bits per heavy atom. The third-order valence-corrected chi connectivity index (χ3v) is 4.98. The molecule has 2 aromatic carbocycles. The minimum Gasteiger partial charge on any atom is -0.280 e. The minimum atomic E-state index is -3.62. The fourth-order valence-corrected chi connectivity index (χ4v) is 3.32. The average Bonchev–Trinajstić information content (AvgIpc) is 2.54. The number of fused-ring (bicyclic) bond motifs is 1. The maximum absolute atomic E-state index is 12.5. The highest BCUT2D eigenvalue weighted by Gasteiger charge is 2.14. The van der Waals surface area contributed by atoms with Crippen LogP contribution in [0.3, 0.4) is 0 Å². The first-order chi connectivity index (χ1) is 11.0.